The molecule has 2 rings (SSSR count). The van der Waals surface area contributed by atoms with Crippen LogP contribution in [0.2, 0.25) is 0 Å². The van der Waals surface area contributed by atoms with Gasteiger partial charge in [-0.2, -0.15) is 0 Å². The fourth-order valence-corrected chi connectivity index (χ4v) is 2.91. The molecule has 1 saturated heterocycles. The van der Waals surface area contributed by atoms with Crippen LogP contribution >= 0.6 is 0 Å². The van der Waals surface area contributed by atoms with Gasteiger partial charge in [0, 0.05) is 39.9 Å². The maximum atomic E-state index is 5.67. The van der Waals surface area contributed by atoms with Crippen LogP contribution in [-0.2, 0) is 22.6 Å². The van der Waals surface area contributed by atoms with Crippen molar-refractivity contribution >= 4 is 5.96 Å². The van der Waals surface area contributed by atoms with E-state index in [1.807, 2.05) is 0 Å². The van der Waals surface area contributed by atoms with Crippen LogP contribution in [0.3, 0.4) is 0 Å². The Balaban J connectivity index is 1.57. The maximum Gasteiger partial charge on any atom is 0.191 e. The first kappa shape index (κ1) is 20.7. The van der Waals surface area contributed by atoms with Gasteiger partial charge < -0.3 is 25.0 Å². The van der Waals surface area contributed by atoms with E-state index in [0.717, 1.165) is 64.7 Å². The van der Waals surface area contributed by atoms with Crippen LogP contribution in [0.5, 0.6) is 0 Å². The fraction of sp³-hybridized carbons (Fsp3) is 0.650. The predicted octanol–water partition coefficient (Wildman–Crippen LogP) is 2.00. The van der Waals surface area contributed by atoms with Crippen molar-refractivity contribution in [2.24, 2.45) is 4.99 Å². The third-order valence-electron chi connectivity index (χ3n) is 4.29. The molecule has 0 aliphatic carbocycles. The quantitative estimate of drug-likeness (QED) is 0.379. The maximum absolute atomic E-state index is 5.67. The molecule has 1 heterocycles. The zero-order chi connectivity index (χ0) is 18.6. The molecule has 0 amide bonds. The molecular formula is C20H34N4O2. The van der Waals surface area contributed by atoms with Crippen molar-refractivity contribution in [3.8, 4) is 0 Å². The summed E-state index contributed by atoms with van der Waals surface area (Å²) >= 11 is 0. The molecular weight excluding hydrogens is 328 g/mol. The van der Waals surface area contributed by atoms with Gasteiger partial charge in [-0.3, -0.25) is 4.99 Å². The van der Waals surface area contributed by atoms with E-state index in [1.165, 1.54) is 11.1 Å². The fourth-order valence-electron chi connectivity index (χ4n) is 2.91. The van der Waals surface area contributed by atoms with E-state index in [1.54, 1.807) is 7.05 Å². The Morgan fingerprint density at radius 1 is 1.23 bits per heavy atom. The molecule has 26 heavy (non-hydrogen) atoms. The zero-order valence-corrected chi connectivity index (χ0v) is 16.5. The number of rotatable bonds is 10. The van der Waals surface area contributed by atoms with Gasteiger partial charge in [0.15, 0.2) is 5.96 Å². The van der Waals surface area contributed by atoms with Crippen LogP contribution in [0.1, 0.15) is 30.4 Å². The van der Waals surface area contributed by atoms with Crippen LogP contribution in [0.25, 0.3) is 0 Å². The number of hydrogen-bond acceptors (Lipinski definition) is 4. The van der Waals surface area contributed by atoms with Crippen molar-refractivity contribution in [1.29, 1.82) is 0 Å². The second-order valence-electron chi connectivity index (χ2n) is 6.97. The highest BCUT2D eigenvalue weighted by Crippen LogP contribution is 2.11. The number of nitrogens with zero attached hydrogens (tertiary/aromatic N) is 2. The standard InChI is InChI=1S/C20H34N4O2/c1-21-20(22-11-5-12-25-16-19-6-4-13-26-19)23-14-17-7-9-18(10-8-17)15-24(2)3/h7-10,19H,4-6,11-16H2,1-3H3,(H2,21,22,23). The number of aliphatic imine (C=N–C) groups is 1. The molecule has 1 aromatic rings. The van der Waals surface area contributed by atoms with Gasteiger partial charge >= 0.3 is 0 Å². The zero-order valence-electron chi connectivity index (χ0n) is 16.5. The van der Waals surface area contributed by atoms with Gasteiger partial charge in [0.25, 0.3) is 0 Å². The van der Waals surface area contributed by atoms with Crippen LogP contribution < -0.4 is 10.6 Å². The molecule has 0 spiro atoms. The third-order valence-corrected chi connectivity index (χ3v) is 4.29. The summed E-state index contributed by atoms with van der Waals surface area (Å²) in [6.45, 7) is 4.92. The monoisotopic (exact) mass is 362 g/mol. The highest BCUT2D eigenvalue weighted by molar-refractivity contribution is 5.79. The van der Waals surface area contributed by atoms with E-state index in [2.05, 4.69) is 58.9 Å². The van der Waals surface area contributed by atoms with Gasteiger partial charge in [-0.1, -0.05) is 24.3 Å². The van der Waals surface area contributed by atoms with Crippen molar-refractivity contribution in [2.45, 2.75) is 38.5 Å². The minimum Gasteiger partial charge on any atom is -0.379 e. The van der Waals surface area contributed by atoms with Crippen molar-refractivity contribution < 1.29 is 9.47 Å². The predicted molar refractivity (Wildman–Crippen MR) is 106 cm³/mol. The molecule has 1 aromatic carbocycles. The van der Waals surface area contributed by atoms with Crippen LogP contribution in [0.15, 0.2) is 29.3 Å². The molecule has 1 fully saturated rings. The third kappa shape index (κ3) is 8.17. The second-order valence-corrected chi connectivity index (χ2v) is 6.97. The van der Waals surface area contributed by atoms with Crippen molar-refractivity contribution in [3.63, 3.8) is 0 Å². The van der Waals surface area contributed by atoms with E-state index in [-0.39, 0.29) is 0 Å². The summed E-state index contributed by atoms with van der Waals surface area (Å²) < 4.78 is 11.2. The lowest BCUT2D eigenvalue weighted by Crippen LogP contribution is -2.37. The lowest BCUT2D eigenvalue weighted by Gasteiger charge is -2.14. The SMILES string of the molecule is CN=C(NCCCOCC1CCCO1)NCc1ccc(CN(C)C)cc1. The van der Waals surface area contributed by atoms with Gasteiger partial charge in [-0.25, -0.2) is 0 Å². The Bertz CT molecular complexity index is 525. The Hall–Kier alpha value is -1.63. The Morgan fingerprint density at radius 2 is 2.00 bits per heavy atom. The van der Waals surface area contributed by atoms with Gasteiger partial charge in [-0.05, 0) is 44.5 Å². The minimum atomic E-state index is 0.307. The topological polar surface area (TPSA) is 58.1 Å². The Kier molecular flexibility index (Phi) is 9.45. The lowest BCUT2D eigenvalue weighted by molar-refractivity contribution is 0.0168. The second kappa shape index (κ2) is 11.9. The van der Waals surface area contributed by atoms with E-state index >= 15 is 0 Å². The molecule has 6 heteroatoms. The first-order valence-electron chi connectivity index (χ1n) is 9.54. The van der Waals surface area contributed by atoms with E-state index in [9.17, 15) is 0 Å². The smallest absolute Gasteiger partial charge is 0.191 e. The first-order chi connectivity index (χ1) is 12.7. The summed E-state index contributed by atoms with van der Waals surface area (Å²) in [7, 11) is 5.96. The van der Waals surface area contributed by atoms with Crippen LogP contribution in [0.4, 0.5) is 0 Å². The van der Waals surface area contributed by atoms with E-state index < -0.39 is 0 Å². The number of ether oxygens (including phenoxy) is 2. The number of guanidine groups is 1. The molecule has 0 radical (unpaired) electrons. The largest absolute Gasteiger partial charge is 0.379 e. The summed E-state index contributed by atoms with van der Waals surface area (Å²) in [5, 5.41) is 6.68. The molecule has 1 aliphatic rings. The molecule has 0 saturated carbocycles. The molecule has 1 unspecified atom stereocenters. The Morgan fingerprint density at radius 3 is 2.65 bits per heavy atom. The lowest BCUT2D eigenvalue weighted by atomic mass is 10.1. The minimum absolute atomic E-state index is 0.307. The molecule has 1 aliphatic heterocycles. The van der Waals surface area contributed by atoms with Gasteiger partial charge in [-0.15, -0.1) is 0 Å². The number of benzene rings is 1. The van der Waals surface area contributed by atoms with Crippen LogP contribution in [-0.4, -0.2) is 64.5 Å². The summed E-state index contributed by atoms with van der Waals surface area (Å²) in [6.07, 6.45) is 3.55. The van der Waals surface area contributed by atoms with Gasteiger partial charge in [0.1, 0.15) is 0 Å². The first-order valence-corrected chi connectivity index (χ1v) is 9.54. The van der Waals surface area contributed by atoms with E-state index in [0.29, 0.717) is 6.10 Å². The number of hydrogen-bond donors (Lipinski definition) is 2. The highest BCUT2D eigenvalue weighted by Gasteiger charge is 2.14. The average Bonchev–Trinajstić information content (AvgIpc) is 3.14. The van der Waals surface area contributed by atoms with Gasteiger partial charge in [0.05, 0.1) is 12.7 Å². The highest BCUT2D eigenvalue weighted by atomic mass is 16.5. The number of nitrogens with one attached hydrogen (secondary N) is 2. The molecule has 6 nitrogen and oxygen atoms in total. The molecule has 2 N–H and O–H groups in total. The molecule has 0 aromatic heterocycles. The van der Waals surface area contributed by atoms with Crippen LogP contribution in [0, 0.1) is 0 Å². The summed E-state index contributed by atoms with van der Waals surface area (Å²) in [5.41, 5.74) is 2.57. The Labute approximate surface area is 158 Å². The summed E-state index contributed by atoms with van der Waals surface area (Å²) in [5.74, 6) is 0.821. The van der Waals surface area contributed by atoms with E-state index in [4.69, 9.17) is 9.47 Å². The molecule has 1 atom stereocenters. The summed E-state index contributed by atoms with van der Waals surface area (Å²) in [6, 6.07) is 8.69. The van der Waals surface area contributed by atoms with Crippen molar-refractivity contribution in [3.05, 3.63) is 35.4 Å². The van der Waals surface area contributed by atoms with Crippen molar-refractivity contribution in [1.82, 2.24) is 15.5 Å². The summed E-state index contributed by atoms with van der Waals surface area (Å²) in [4.78, 5) is 6.44. The molecule has 146 valence electrons. The molecule has 0 bridgehead atoms. The normalized spacial score (nSPS) is 17.7. The average molecular weight is 363 g/mol. The van der Waals surface area contributed by atoms with Gasteiger partial charge in [0.2, 0.25) is 0 Å². The van der Waals surface area contributed by atoms with Crippen molar-refractivity contribution in [2.75, 3.05) is 47.5 Å².